The number of hydrogen-bond acceptors (Lipinski definition) is 11. The topological polar surface area (TPSA) is 125 Å². The van der Waals surface area contributed by atoms with Crippen LogP contribution in [0.4, 0.5) is 5.69 Å². The predicted octanol–water partition coefficient (Wildman–Crippen LogP) is 6.75. The zero-order valence-electron chi connectivity index (χ0n) is 28.1. The van der Waals surface area contributed by atoms with Crippen LogP contribution in [0, 0.1) is 13.8 Å². The minimum atomic E-state index is -1.12. The fraction of sp³-hybridized carbons (Fsp3) is 0.250. The van der Waals surface area contributed by atoms with E-state index in [4.69, 9.17) is 23.9 Å². The van der Waals surface area contributed by atoms with Crippen LogP contribution in [-0.2, 0) is 16.1 Å². The SMILES string of the molecule is COc1ccc(NC(=O)C(c2ccc(OC)c(OC)c2)N(Cc2nc(-c3ccccc3)cs2)C(=O)CSc2nc(C)cc(C)n2)c(OC)c1. The van der Waals surface area contributed by atoms with Crippen LogP contribution in [0.2, 0.25) is 0 Å². The summed E-state index contributed by atoms with van der Waals surface area (Å²) >= 11 is 2.62. The van der Waals surface area contributed by atoms with Gasteiger partial charge in [-0.3, -0.25) is 9.59 Å². The molecule has 0 saturated carbocycles. The van der Waals surface area contributed by atoms with Gasteiger partial charge in [0.15, 0.2) is 16.7 Å². The predicted molar refractivity (Wildman–Crippen MR) is 191 cm³/mol. The van der Waals surface area contributed by atoms with Crippen LogP contribution in [0.3, 0.4) is 0 Å². The molecule has 5 aromatic rings. The first kappa shape index (κ1) is 35.2. The van der Waals surface area contributed by atoms with Crippen molar-refractivity contribution in [3.05, 3.63) is 100 Å². The molecule has 0 fully saturated rings. The molecule has 2 amide bonds. The average molecular weight is 700 g/mol. The fourth-order valence-corrected chi connectivity index (χ4v) is 6.80. The number of aromatic nitrogens is 3. The molecule has 1 atom stereocenters. The Morgan fingerprint density at radius 2 is 1.53 bits per heavy atom. The number of thioether (sulfide) groups is 1. The molecule has 254 valence electrons. The second kappa shape index (κ2) is 16.3. The summed E-state index contributed by atoms with van der Waals surface area (Å²) in [6.45, 7) is 3.81. The number of rotatable bonds is 14. The number of carbonyl (C=O) groups is 2. The number of hydrogen-bond donors (Lipinski definition) is 1. The highest BCUT2D eigenvalue weighted by Gasteiger charge is 2.34. The van der Waals surface area contributed by atoms with Gasteiger partial charge in [-0.2, -0.15) is 0 Å². The second-order valence-electron chi connectivity index (χ2n) is 10.8. The number of amides is 2. The van der Waals surface area contributed by atoms with E-state index >= 15 is 0 Å². The quantitative estimate of drug-likeness (QED) is 0.0983. The Morgan fingerprint density at radius 3 is 2.20 bits per heavy atom. The molecule has 1 N–H and O–H groups in total. The molecule has 2 heterocycles. The summed E-state index contributed by atoms with van der Waals surface area (Å²) in [6, 6.07) is 20.8. The fourth-order valence-electron chi connectivity index (χ4n) is 5.16. The number of nitrogens with zero attached hydrogens (tertiary/aromatic N) is 4. The van der Waals surface area contributed by atoms with E-state index in [9.17, 15) is 9.59 Å². The Morgan fingerprint density at radius 1 is 0.816 bits per heavy atom. The van der Waals surface area contributed by atoms with Crippen LogP contribution in [0.15, 0.2) is 83.3 Å². The van der Waals surface area contributed by atoms with E-state index < -0.39 is 11.9 Å². The zero-order valence-corrected chi connectivity index (χ0v) is 29.7. The van der Waals surface area contributed by atoms with Gasteiger partial charge < -0.3 is 29.2 Å². The van der Waals surface area contributed by atoms with E-state index in [1.165, 1.54) is 49.3 Å². The minimum Gasteiger partial charge on any atom is -0.497 e. The Balaban J connectivity index is 1.57. The van der Waals surface area contributed by atoms with Crippen molar-refractivity contribution in [2.24, 2.45) is 0 Å². The Labute approximate surface area is 293 Å². The van der Waals surface area contributed by atoms with Gasteiger partial charge >= 0.3 is 0 Å². The number of anilines is 1. The standard InChI is InChI=1S/C36H37N5O6S2/c1-22-16-23(2)38-36(37-22)49-21-33(42)41(19-32-39-28(20-48-32)24-10-8-7-9-11-24)34(25-12-15-29(45-4)31(17-25)47-6)35(43)40-27-14-13-26(44-3)18-30(27)46-5/h7-18,20,34H,19,21H2,1-6H3,(H,40,43). The van der Waals surface area contributed by atoms with Crippen LogP contribution in [0.1, 0.15) is 28.0 Å². The number of methoxy groups -OCH3 is 4. The summed E-state index contributed by atoms with van der Waals surface area (Å²) in [6.07, 6.45) is 0. The summed E-state index contributed by atoms with van der Waals surface area (Å²) in [5.41, 5.74) is 4.23. The second-order valence-corrected chi connectivity index (χ2v) is 12.7. The molecule has 0 radical (unpaired) electrons. The van der Waals surface area contributed by atoms with Crippen LogP contribution >= 0.6 is 23.1 Å². The van der Waals surface area contributed by atoms with E-state index in [1.54, 1.807) is 43.5 Å². The normalized spacial score (nSPS) is 11.4. The van der Waals surface area contributed by atoms with Crippen molar-refractivity contribution < 1.29 is 28.5 Å². The number of aryl methyl sites for hydroxylation is 2. The van der Waals surface area contributed by atoms with Crippen molar-refractivity contribution in [2.75, 3.05) is 39.5 Å². The average Bonchev–Trinajstić information content (AvgIpc) is 3.59. The molecule has 0 aliphatic heterocycles. The Hall–Kier alpha value is -5.14. The smallest absolute Gasteiger partial charge is 0.251 e. The van der Waals surface area contributed by atoms with E-state index in [0.717, 1.165) is 22.6 Å². The van der Waals surface area contributed by atoms with Crippen LogP contribution in [-0.4, -0.2) is 65.9 Å². The molecule has 49 heavy (non-hydrogen) atoms. The maximum atomic E-state index is 14.5. The van der Waals surface area contributed by atoms with Gasteiger partial charge in [-0.25, -0.2) is 15.0 Å². The molecule has 0 aliphatic carbocycles. The van der Waals surface area contributed by atoms with Gasteiger partial charge in [0.05, 0.1) is 52.1 Å². The van der Waals surface area contributed by atoms with Gasteiger partial charge in [-0.1, -0.05) is 48.2 Å². The molecule has 0 aliphatic rings. The molecular weight excluding hydrogens is 663 g/mol. The monoisotopic (exact) mass is 699 g/mol. The molecule has 0 spiro atoms. The number of thiazole rings is 1. The molecule has 3 aromatic carbocycles. The summed E-state index contributed by atoms with van der Waals surface area (Å²) in [4.78, 5) is 44.2. The first-order valence-corrected chi connectivity index (χ1v) is 17.1. The highest BCUT2D eigenvalue weighted by molar-refractivity contribution is 7.99. The van der Waals surface area contributed by atoms with Crippen molar-refractivity contribution in [1.29, 1.82) is 0 Å². The molecular formula is C36H37N5O6S2. The van der Waals surface area contributed by atoms with Crippen molar-refractivity contribution in [3.8, 4) is 34.3 Å². The molecule has 11 nitrogen and oxygen atoms in total. The summed E-state index contributed by atoms with van der Waals surface area (Å²) in [5, 5.41) is 6.05. The van der Waals surface area contributed by atoms with E-state index in [-0.39, 0.29) is 18.2 Å². The maximum absolute atomic E-state index is 14.5. The number of ether oxygens (including phenoxy) is 4. The first-order chi connectivity index (χ1) is 23.7. The van der Waals surface area contributed by atoms with Gasteiger partial charge in [0.25, 0.3) is 5.91 Å². The molecule has 5 rings (SSSR count). The lowest BCUT2D eigenvalue weighted by Gasteiger charge is -2.31. The molecule has 1 unspecified atom stereocenters. The van der Waals surface area contributed by atoms with Crippen molar-refractivity contribution >= 4 is 40.6 Å². The first-order valence-electron chi connectivity index (χ1n) is 15.2. The van der Waals surface area contributed by atoms with Crippen molar-refractivity contribution in [1.82, 2.24) is 19.9 Å². The van der Waals surface area contributed by atoms with Gasteiger partial charge in [-0.05, 0) is 49.7 Å². The van der Waals surface area contributed by atoms with E-state index in [2.05, 4.69) is 15.3 Å². The number of nitrogens with one attached hydrogen (secondary N) is 1. The van der Waals surface area contributed by atoms with E-state index in [0.29, 0.717) is 44.4 Å². The Kier molecular flexibility index (Phi) is 11.7. The lowest BCUT2D eigenvalue weighted by Crippen LogP contribution is -2.42. The summed E-state index contributed by atoms with van der Waals surface area (Å²) < 4.78 is 22.0. The highest BCUT2D eigenvalue weighted by atomic mass is 32.2. The highest BCUT2D eigenvalue weighted by Crippen LogP contribution is 2.36. The summed E-state index contributed by atoms with van der Waals surface area (Å²) in [7, 11) is 6.10. The minimum absolute atomic E-state index is 0.0251. The van der Waals surface area contributed by atoms with Crippen LogP contribution < -0.4 is 24.3 Å². The summed E-state index contributed by atoms with van der Waals surface area (Å²) in [5.74, 6) is 1.03. The third-order valence-electron chi connectivity index (χ3n) is 7.48. The third-order valence-corrected chi connectivity index (χ3v) is 9.15. The van der Waals surface area contributed by atoms with Crippen LogP contribution in [0.25, 0.3) is 11.3 Å². The third kappa shape index (κ3) is 8.67. The Bertz CT molecular complexity index is 1900. The molecule has 13 heteroatoms. The van der Waals surface area contributed by atoms with Gasteiger partial charge in [-0.15, -0.1) is 11.3 Å². The van der Waals surface area contributed by atoms with Crippen molar-refractivity contribution in [2.45, 2.75) is 31.6 Å². The lowest BCUT2D eigenvalue weighted by atomic mass is 10.0. The van der Waals surface area contributed by atoms with Gasteiger partial charge in [0.2, 0.25) is 5.91 Å². The largest absolute Gasteiger partial charge is 0.497 e. The lowest BCUT2D eigenvalue weighted by molar-refractivity contribution is -0.137. The maximum Gasteiger partial charge on any atom is 0.251 e. The van der Waals surface area contributed by atoms with E-state index in [1.807, 2.05) is 55.6 Å². The molecule has 0 bridgehead atoms. The van der Waals surface area contributed by atoms with Gasteiger partial charge in [0, 0.05) is 28.4 Å². The van der Waals surface area contributed by atoms with Gasteiger partial charge in [0.1, 0.15) is 22.5 Å². The zero-order chi connectivity index (χ0) is 34.9. The van der Waals surface area contributed by atoms with Crippen LogP contribution in [0.5, 0.6) is 23.0 Å². The number of carbonyl (C=O) groups excluding carboxylic acids is 2. The van der Waals surface area contributed by atoms with Crippen molar-refractivity contribution in [3.63, 3.8) is 0 Å². The molecule has 0 saturated heterocycles. The number of benzene rings is 3. The molecule has 2 aromatic heterocycles.